The Balaban J connectivity index is 0.00000466. The van der Waals surface area contributed by atoms with E-state index in [1.807, 2.05) is 20.8 Å². The van der Waals surface area contributed by atoms with Gasteiger partial charge < -0.3 is 19.3 Å². The quantitative estimate of drug-likeness (QED) is 0.348. The Hall–Kier alpha value is -1.59. The van der Waals surface area contributed by atoms with Gasteiger partial charge in [-0.3, -0.25) is 4.79 Å². The molecular weight excluding hydrogens is 404 g/mol. The van der Waals surface area contributed by atoms with Gasteiger partial charge in [0.2, 0.25) is 11.5 Å². The maximum absolute atomic E-state index is 12.5. The van der Waals surface area contributed by atoms with E-state index in [0.29, 0.717) is 6.42 Å². The standard InChI is InChI=1S/C25H42O5.C2H6/c1-17(13-10-16-25(4,5)30-8)11-9-12-18(2)14-15-20-19(3)21(26)23(28-6)24(29-7)22(20)27;1-2/h11,14,19-20,22,27H,9-10,12-13,15-16H2,1-8H3;1-2H3/b17-11+,18-14+;. The van der Waals surface area contributed by atoms with Gasteiger partial charge in [0.25, 0.3) is 0 Å². The second-order valence-electron chi connectivity index (χ2n) is 9.06. The largest absolute Gasteiger partial charge is 0.494 e. The van der Waals surface area contributed by atoms with Crippen LogP contribution in [0.5, 0.6) is 0 Å². The van der Waals surface area contributed by atoms with Crippen LogP contribution in [0.4, 0.5) is 0 Å². The zero-order valence-corrected chi connectivity index (χ0v) is 22.2. The molecule has 1 N–H and O–H groups in total. The first-order valence-corrected chi connectivity index (χ1v) is 12.0. The molecule has 0 aromatic heterocycles. The molecule has 5 nitrogen and oxygen atoms in total. The summed E-state index contributed by atoms with van der Waals surface area (Å²) >= 11 is 0. The van der Waals surface area contributed by atoms with Crippen molar-refractivity contribution in [2.45, 2.75) is 98.7 Å². The summed E-state index contributed by atoms with van der Waals surface area (Å²) in [5.74, 6) is -0.235. The first kappa shape index (κ1) is 30.4. The molecule has 0 aromatic carbocycles. The number of Topliss-reactive ketones (excluding diaryl/α,β-unsaturated/α-hetero) is 1. The highest BCUT2D eigenvalue weighted by atomic mass is 16.5. The zero-order valence-electron chi connectivity index (χ0n) is 22.2. The van der Waals surface area contributed by atoms with E-state index < -0.39 is 6.10 Å². The van der Waals surface area contributed by atoms with E-state index in [-0.39, 0.29) is 34.7 Å². The molecule has 0 amide bonds. The van der Waals surface area contributed by atoms with Crippen molar-refractivity contribution in [1.29, 1.82) is 0 Å². The van der Waals surface area contributed by atoms with Crippen LogP contribution in [-0.2, 0) is 19.0 Å². The molecule has 0 saturated heterocycles. The molecule has 5 heteroatoms. The maximum Gasteiger partial charge on any atom is 0.204 e. The third-order valence-corrected chi connectivity index (χ3v) is 6.27. The summed E-state index contributed by atoms with van der Waals surface area (Å²) in [5, 5.41) is 10.7. The third-order valence-electron chi connectivity index (χ3n) is 6.27. The Morgan fingerprint density at radius 3 is 2.16 bits per heavy atom. The summed E-state index contributed by atoms with van der Waals surface area (Å²) in [6.07, 6.45) is 9.51. The van der Waals surface area contributed by atoms with Gasteiger partial charge >= 0.3 is 0 Å². The van der Waals surface area contributed by atoms with Crippen LogP contribution in [0, 0.1) is 11.8 Å². The number of ketones is 1. The fourth-order valence-electron chi connectivity index (χ4n) is 3.86. The number of rotatable bonds is 12. The molecule has 0 aliphatic heterocycles. The Kier molecular flexibility index (Phi) is 14.5. The maximum atomic E-state index is 12.5. The first-order valence-electron chi connectivity index (χ1n) is 12.0. The van der Waals surface area contributed by atoms with Crippen LogP contribution in [0.15, 0.2) is 34.8 Å². The van der Waals surface area contributed by atoms with Crippen molar-refractivity contribution in [3.8, 4) is 0 Å². The van der Waals surface area contributed by atoms with E-state index in [2.05, 4.69) is 39.8 Å². The topological polar surface area (TPSA) is 65.0 Å². The Labute approximate surface area is 196 Å². The number of ether oxygens (including phenoxy) is 3. The lowest BCUT2D eigenvalue weighted by molar-refractivity contribution is -0.128. The number of hydrogen-bond donors (Lipinski definition) is 1. The van der Waals surface area contributed by atoms with E-state index in [1.165, 1.54) is 25.4 Å². The summed E-state index contributed by atoms with van der Waals surface area (Å²) in [4.78, 5) is 12.5. The van der Waals surface area contributed by atoms with Gasteiger partial charge in [-0.1, -0.05) is 44.1 Å². The van der Waals surface area contributed by atoms with E-state index in [4.69, 9.17) is 14.2 Å². The van der Waals surface area contributed by atoms with Crippen molar-refractivity contribution < 1.29 is 24.1 Å². The molecule has 1 aliphatic carbocycles. The van der Waals surface area contributed by atoms with Crippen LogP contribution in [0.1, 0.15) is 87.0 Å². The molecule has 0 radical (unpaired) electrons. The fraction of sp³-hybridized carbons (Fsp3) is 0.741. The highest BCUT2D eigenvalue weighted by Crippen LogP contribution is 2.35. The van der Waals surface area contributed by atoms with Gasteiger partial charge in [0.05, 0.1) is 19.8 Å². The molecule has 3 unspecified atom stereocenters. The number of methoxy groups -OCH3 is 3. The number of aliphatic hydroxyl groups is 1. The van der Waals surface area contributed by atoms with Gasteiger partial charge in [0, 0.05) is 18.9 Å². The minimum absolute atomic E-state index is 0.0519. The zero-order chi connectivity index (χ0) is 24.9. The van der Waals surface area contributed by atoms with Crippen molar-refractivity contribution in [2.75, 3.05) is 21.3 Å². The van der Waals surface area contributed by atoms with Gasteiger partial charge in [-0.25, -0.2) is 0 Å². The van der Waals surface area contributed by atoms with E-state index in [0.717, 1.165) is 32.1 Å². The van der Waals surface area contributed by atoms with Crippen LogP contribution in [0.2, 0.25) is 0 Å². The lowest BCUT2D eigenvalue weighted by Gasteiger charge is -2.33. The molecule has 0 bridgehead atoms. The van der Waals surface area contributed by atoms with Gasteiger partial charge in [0.1, 0.15) is 6.10 Å². The molecule has 186 valence electrons. The first-order chi connectivity index (χ1) is 15.1. The molecular formula is C27H48O5. The average molecular weight is 453 g/mol. The summed E-state index contributed by atoms with van der Waals surface area (Å²) in [6, 6.07) is 0. The highest BCUT2D eigenvalue weighted by Gasteiger charge is 2.42. The second kappa shape index (κ2) is 15.3. The summed E-state index contributed by atoms with van der Waals surface area (Å²) < 4.78 is 15.9. The SMILES string of the molecule is CC.COC1=C(OC)C(O)C(C/C=C(\C)CC/C=C(\C)CCCC(C)(C)OC)C(C)C1=O. The number of aliphatic hydroxyl groups excluding tert-OH is 1. The highest BCUT2D eigenvalue weighted by molar-refractivity contribution is 5.97. The molecule has 32 heavy (non-hydrogen) atoms. The molecule has 1 aliphatic rings. The molecule has 1 rings (SSSR count). The monoisotopic (exact) mass is 452 g/mol. The van der Waals surface area contributed by atoms with Crippen LogP contribution in [0.3, 0.4) is 0 Å². The van der Waals surface area contributed by atoms with Crippen LogP contribution in [0.25, 0.3) is 0 Å². The lowest BCUT2D eigenvalue weighted by atomic mass is 9.77. The van der Waals surface area contributed by atoms with Crippen molar-refractivity contribution >= 4 is 5.78 Å². The van der Waals surface area contributed by atoms with Crippen LogP contribution < -0.4 is 0 Å². The molecule has 0 heterocycles. The van der Waals surface area contributed by atoms with Gasteiger partial charge in [-0.2, -0.15) is 0 Å². The number of allylic oxidation sites excluding steroid dienone is 5. The van der Waals surface area contributed by atoms with E-state index in [1.54, 1.807) is 7.11 Å². The minimum atomic E-state index is -0.833. The van der Waals surface area contributed by atoms with Crippen LogP contribution >= 0.6 is 0 Å². The molecule has 0 spiro atoms. The third kappa shape index (κ3) is 9.50. The lowest BCUT2D eigenvalue weighted by Crippen LogP contribution is -2.40. The smallest absolute Gasteiger partial charge is 0.204 e. The Morgan fingerprint density at radius 1 is 1.03 bits per heavy atom. The molecule has 0 saturated carbocycles. The van der Waals surface area contributed by atoms with E-state index in [9.17, 15) is 9.90 Å². The molecule has 3 atom stereocenters. The predicted molar refractivity (Wildman–Crippen MR) is 132 cm³/mol. The van der Waals surface area contributed by atoms with Crippen molar-refractivity contribution in [3.63, 3.8) is 0 Å². The molecule has 0 fully saturated rings. The normalized spacial score (nSPS) is 22.5. The Bertz CT molecular complexity index is 657. The van der Waals surface area contributed by atoms with Gasteiger partial charge in [-0.15, -0.1) is 0 Å². The summed E-state index contributed by atoms with van der Waals surface area (Å²) in [7, 11) is 4.66. The number of carbonyl (C=O) groups is 1. The fourth-order valence-corrected chi connectivity index (χ4v) is 3.86. The number of carbonyl (C=O) groups excluding carboxylic acids is 1. The summed E-state index contributed by atoms with van der Waals surface area (Å²) in [5.41, 5.74) is 2.63. The van der Waals surface area contributed by atoms with Crippen molar-refractivity contribution in [2.24, 2.45) is 11.8 Å². The van der Waals surface area contributed by atoms with Crippen LogP contribution in [-0.4, -0.2) is 43.9 Å². The molecule has 0 aromatic rings. The Morgan fingerprint density at radius 2 is 1.62 bits per heavy atom. The van der Waals surface area contributed by atoms with Gasteiger partial charge in [0.15, 0.2) is 5.76 Å². The van der Waals surface area contributed by atoms with E-state index >= 15 is 0 Å². The minimum Gasteiger partial charge on any atom is -0.494 e. The predicted octanol–water partition coefficient (Wildman–Crippen LogP) is 6.37. The van der Waals surface area contributed by atoms with Crippen molar-refractivity contribution in [1.82, 2.24) is 0 Å². The number of hydrogen-bond acceptors (Lipinski definition) is 5. The average Bonchev–Trinajstić information content (AvgIpc) is 2.77. The van der Waals surface area contributed by atoms with Gasteiger partial charge in [-0.05, 0) is 66.2 Å². The second-order valence-corrected chi connectivity index (χ2v) is 9.06. The van der Waals surface area contributed by atoms with Crippen molar-refractivity contribution in [3.05, 3.63) is 34.8 Å². The summed E-state index contributed by atoms with van der Waals surface area (Å²) in [6.45, 7) is 14.4.